The summed E-state index contributed by atoms with van der Waals surface area (Å²) >= 11 is 0. The number of likely N-dealkylation sites (N-methyl/N-ethyl adjacent to an activating group) is 1. The average Bonchev–Trinajstić information content (AvgIpc) is 2.67. The Morgan fingerprint density at radius 3 is 2.55 bits per heavy atom. The van der Waals surface area contributed by atoms with Crippen LogP contribution in [0, 0.1) is 0 Å². The van der Waals surface area contributed by atoms with Crippen LogP contribution in [0.2, 0.25) is 0 Å². The Morgan fingerprint density at radius 1 is 1.35 bits per heavy atom. The minimum Gasteiger partial charge on any atom is -0.329 e. The topological polar surface area (TPSA) is 47.1 Å². The average molecular weight is 278 g/mol. The van der Waals surface area contributed by atoms with Crippen molar-refractivity contribution < 1.29 is 0 Å². The highest BCUT2D eigenvalue weighted by Crippen LogP contribution is 2.29. The van der Waals surface area contributed by atoms with Crippen LogP contribution in [0.4, 0.5) is 0 Å². The van der Waals surface area contributed by atoms with E-state index in [4.69, 9.17) is 5.73 Å². The Hall–Kier alpha value is -0.870. The molecule has 1 unspecified atom stereocenters. The molecule has 114 valence electrons. The Morgan fingerprint density at radius 2 is 2.00 bits per heavy atom. The van der Waals surface area contributed by atoms with Crippen molar-refractivity contribution in [2.45, 2.75) is 64.0 Å². The van der Waals surface area contributed by atoms with E-state index in [1.807, 2.05) is 11.7 Å². The molecular formula is C16H30N4. The van der Waals surface area contributed by atoms with Gasteiger partial charge in [-0.25, -0.2) is 0 Å². The van der Waals surface area contributed by atoms with Gasteiger partial charge < -0.3 is 5.73 Å². The molecule has 2 rings (SSSR count). The molecule has 1 aliphatic rings. The van der Waals surface area contributed by atoms with E-state index in [2.05, 4.69) is 30.2 Å². The summed E-state index contributed by atoms with van der Waals surface area (Å²) in [7, 11) is 4.25. The van der Waals surface area contributed by atoms with Crippen LogP contribution in [0.25, 0.3) is 0 Å². The standard InChI is InChI=1S/C16H30N4/c1-4-15-14(12-19(2)18-15)16(11-17)20(3)13-9-7-5-6-8-10-13/h12-13,16H,4-11,17H2,1-3H3. The van der Waals surface area contributed by atoms with Crippen molar-refractivity contribution in [1.29, 1.82) is 0 Å². The zero-order chi connectivity index (χ0) is 14.5. The third-order valence-corrected chi connectivity index (χ3v) is 4.75. The van der Waals surface area contributed by atoms with E-state index in [1.54, 1.807) is 0 Å². The van der Waals surface area contributed by atoms with Crippen LogP contribution in [-0.4, -0.2) is 34.3 Å². The maximum atomic E-state index is 6.11. The van der Waals surface area contributed by atoms with Crippen molar-refractivity contribution >= 4 is 0 Å². The maximum absolute atomic E-state index is 6.11. The van der Waals surface area contributed by atoms with E-state index in [9.17, 15) is 0 Å². The quantitative estimate of drug-likeness (QED) is 0.842. The van der Waals surface area contributed by atoms with Crippen molar-refractivity contribution in [1.82, 2.24) is 14.7 Å². The van der Waals surface area contributed by atoms with Crippen LogP contribution in [0.3, 0.4) is 0 Å². The number of hydrogen-bond acceptors (Lipinski definition) is 3. The van der Waals surface area contributed by atoms with Crippen LogP contribution >= 0.6 is 0 Å². The van der Waals surface area contributed by atoms with E-state index in [0.717, 1.165) is 6.42 Å². The summed E-state index contributed by atoms with van der Waals surface area (Å²) in [6.07, 6.45) is 11.3. The van der Waals surface area contributed by atoms with Gasteiger partial charge in [-0.3, -0.25) is 9.58 Å². The number of nitrogens with zero attached hydrogens (tertiary/aromatic N) is 3. The van der Waals surface area contributed by atoms with Gasteiger partial charge in [-0.1, -0.05) is 32.6 Å². The van der Waals surface area contributed by atoms with Crippen molar-refractivity contribution in [3.63, 3.8) is 0 Å². The molecule has 1 heterocycles. The molecule has 4 nitrogen and oxygen atoms in total. The number of hydrogen-bond donors (Lipinski definition) is 1. The molecule has 0 aliphatic heterocycles. The van der Waals surface area contributed by atoms with Gasteiger partial charge in [0.25, 0.3) is 0 Å². The van der Waals surface area contributed by atoms with Gasteiger partial charge in [-0.15, -0.1) is 0 Å². The Kier molecular flexibility index (Phi) is 5.61. The van der Waals surface area contributed by atoms with Gasteiger partial charge in [-0.2, -0.15) is 5.10 Å². The van der Waals surface area contributed by atoms with E-state index in [1.165, 1.54) is 49.8 Å². The van der Waals surface area contributed by atoms with E-state index in [-0.39, 0.29) is 0 Å². The van der Waals surface area contributed by atoms with Gasteiger partial charge >= 0.3 is 0 Å². The fourth-order valence-corrected chi connectivity index (χ4v) is 3.54. The summed E-state index contributed by atoms with van der Waals surface area (Å²) in [5.41, 5.74) is 8.63. The van der Waals surface area contributed by atoms with Crippen molar-refractivity contribution in [3.05, 3.63) is 17.5 Å². The highest BCUT2D eigenvalue weighted by molar-refractivity contribution is 5.22. The SMILES string of the molecule is CCc1nn(C)cc1C(CN)N(C)C1CCCCCC1. The third-order valence-electron chi connectivity index (χ3n) is 4.75. The molecule has 0 amide bonds. The molecule has 1 aromatic heterocycles. The van der Waals surface area contributed by atoms with Gasteiger partial charge in [0.1, 0.15) is 0 Å². The number of rotatable bonds is 5. The molecule has 20 heavy (non-hydrogen) atoms. The summed E-state index contributed by atoms with van der Waals surface area (Å²) in [5.74, 6) is 0. The number of aromatic nitrogens is 2. The van der Waals surface area contributed by atoms with Crippen LogP contribution in [0.1, 0.15) is 62.7 Å². The first kappa shape index (κ1) is 15.5. The Labute approximate surface area is 123 Å². The van der Waals surface area contributed by atoms with Crippen LogP contribution in [-0.2, 0) is 13.5 Å². The molecule has 0 saturated heterocycles. The third kappa shape index (κ3) is 3.41. The van der Waals surface area contributed by atoms with Crippen LogP contribution < -0.4 is 5.73 Å². The molecule has 1 atom stereocenters. The largest absolute Gasteiger partial charge is 0.329 e. The van der Waals surface area contributed by atoms with Gasteiger partial charge in [-0.05, 0) is 26.3 Å². The first-order chi connectivity index (χ1) is 9.67. The lowest BCUT2D eigenvalue weighted by molar-refractivity contribution is 0.160. The van der Waals surface area contributed by atoms with E-state index < -0.39 is 0 Å². The fourth-order valence-electron chi connectivity index (χ4n) is 3.54. The second-order valence-electron chi connectivity index (χ2n) is 6.12. The summed E-state index contributed by atoms with van der Waals surface area (Å²) in [6.45, 7) is 2.84. The molecule has 0 aromatic carbocycles. The molecule has 4 heteroatoms. The van der Waals surface area contributed by atoms with Gasteiger partial charge in [0.15, 0.2) is 0 Å². The zero-order valence-electron chi connectivity index (χ0n) is 13.3. The monoisotopic (exact) mass is 278 g/mol. The second kappa shape index (κ2) is 7.23. The Balaban J connectivity index is 2.17. The molecule has 0 spiro atoms. The molecular weight excluding hydrogens is 248 g/mol. The Bertz CT molecular complexity index is 405. The first-order valence-corrected chi connectivity index (χ1v) is 8.11. The van der Waals surface area contributed by atoms with Gasteiger partial charge in [0.05, 0.1) is 11.7 Å². The number of nitrogens with two attached hydrogens (primary N) is 1. The fraction of sp³-hybridized carbons (Fsp3) is 0.812. The normalized spacial score (nSPS) is 19.2. The molecule has 1 aromatic rings. The first-order valence-electron chi connectivity index (χ1n) is 8.11. The van der Waals surface area contributed by atoms with E-state index >= 15 is 0 Å². The molecule has 1 fully saturated rings. The predicted molar refractivity (Wildman–Crippen MR) is 83.6 cm³/mol. The van der Waals surface area contributed by atoms with E-state index in [0.29, 0.717) is 18.6 Å². The maximum Gasteiger partial charge on any atom is 0.0670 e. The summed E-state index contributed by atoms with van der Waals surface area (Å²) in [4.78, 5) is 2.52. The minimum atomic E-state index is 0.307. The summed E-state index contributed by atoms with van der Waals surface area (Å²) < 4.78 is 1.93. The molecule has 1 saturated carbocycles. The lowest BCUT2D eigenvalue weighted by Gasteiger charge is -2.34. The van der Waals surface area contributed by atoms with Crippen molar-refractivity contribution in [2.75, 3.05) is 13.6 Å². The lowest BCUT2D eigenvalue weighted by atomic mass is 10.00. The van der Waals surface area contributed by atoms with Gasteiger partial charge in [0, 0.05) is 31.4 Å². The second-order valence-corrected chi connectivity index (χ2v) is 6.12. The molecule has 2 N–H and O–H groups in total. The summed E-state index contributed by atoms with van der Waals surface area (Å²) in [6, 6.07) is 0.984. The molecule has 1 aliphatic carbocycles. The highest BCUT2D eigenvalue weighted by atomic mass is 15.3. The van der Waals surface area contributed by atoms with Crippen LogP contribution in [0.15, 0.2) is 6.20 Å². The molecule has 0 radical (unpaired) electrons. The predicted octanol–water partition coefficient (Wildman–Crippen LogP) is 2.64. The summed E-state index contributed by atoms with van der Waals surface area (Å²) in [5, 5.41) is 4.58. The van der Waals surface area contributed by atoms with Gasteiger partial charge in [0.2, 0.25) is 0 Å². The minimum absolute atomic E-state index is 0.307. The number of aryl methyl sites for hydroxylation is 2. The smallest absolute Gasteiger partial charge is 0.0670 e. The lowest BCUT2D eigenvalue weighted by Crippen LogP contribution is -2.38. The highest BCUT2D eigenvalue weighted by Gasteiger charge is 2.26. The van der Waals surface area contributed by atoms with Crippen molar-refractivity contribution in [3.8, 4) is 0 Å². The zero-order valence-corrected chi connectivity index (χ0v) is 13.3. The molecule has 0 bridgehead atoms. The van der Waals surface area contributed by atoms with Crippen LogP contribution in [0.5, 0.6) is 0 Å². The van der Waals surface area contributed by atoms with Crippen molar-refractivity contribution in [2.24, 2.45) is 12.8 Å².